The molecular weight excluding hydrogens is 359 g/mol. The highest BCUT2D eigenvalue weighted by Crippen LogP contribution is 2.21. The molecule has 1 N–H and O–H groups in total. The molecule has 10 heteroatoms. The zero-order valence-corrected chi connectivity index (χ0v) is 14.6. The number of aryl methyl sites for hydroxylation is 1. The number of tetrazole rings is 1. The highest BCUT2D eigenvalue weighted by molar-refractivity contribution is 7.99. The van der Waals surface area contributed by atoms with Gasteiger partial charge in [0.05, 0.1) is 11.9 Å². The number of pyridine rings is 1. The molecule has 0 aliphatic rings. The number of ether oxygens (including phenoxy) is 1. The highest BCUT2D eigenvalue weighted by Gasteiger charge is 2.07. The molecule has 134 valence electrons. The molecule has 0 bridgehead atoms. The number of carbonyl (C=O) groups excluding carboxylic acids is 1. The van der Waals surface area contributed by atoms with Crippen LogP contribution in [0.5, 0.6) is 11.6 Å². The Morgan fingerprint density at radius 1 is 1.27 bits per heavy atom. The molecule has 0 saturated heterocycles. The van der Waals surface area contributed by atoms with Crippen LogP contribution in [-0.2, 0) is 11.8 Å². The van der Waals surface area contributed by atoms with Crippen LogP contribution in [0, 0.1) is 5.82 Å². The smallest absolute Gasteiger partial charge is 0.225 e. The molecule has 0 fully saturated rings. The molecule has 8 nitrogen and oxygen atoms in total. The summed E-state index contributed by atoms with van der Waals surface area (Å²) in [6.07, 6.45) is 1.81. The predicted octanol–water partition coefficient (Wildman–Crippen LogP) is 2.66. The summed E-state index contributed by atoms with van der Waals surface area (Å²) in [7, 11) is 1.74. The Balaban J connectivity index is 1.46. The lowest BCUT2D eigenvalue weighted by Crippen LogP contribution is -2.12. The molecule has 0 atom stereocenters. The topological polar surface area (TPSA) is 94.8 Å². The van der Waals surface area contributed by atoms with E-state index in [1.807, 2.05) is 0 Å². The Labute approximate surface area is 152 Å². The lowest BCUT2D eigenvalue weighted by Gasteiger charge is -2.07. The Kier molecular flexibility index (Phi) is 5.74. The van der Waals surface area contributed by atoms with E-state index in [1.54, 1.807) is 23.9 Å². The van der Waals surface area contributed by atoms with E-state index in [0.29, 0.717) is 34.6 Å². The van der Waals surface area contributed by atoms with Gasteiger partial charge in [-0.25, -0.2) is 14.1 Å². The lowest BCUT2D eigenvalue weighted by atomic mass is 10.3. The number of aromatic nitrogens is 5. The van der Waals surface area contributed by atoms with Gasteiger partial charge in [-0.2, -0.15) is 0 Å². The first kappa shape index (κ1) is 17.8. The number of rotatable bonds is 7. The van der Waals surface area contributed by atoms with E-state index >= 15 is 0 Å². The van der Waals surface area contributed by atoms with Crippen molar-refractivity contribution in [2.75, 3.05) is 11.1 Å². The second-order valence-electron chi connectivity index (χ2n) is 5.17. The van der Waals surface area contributed by atoms with Gasteiger partial charge < -0.3 is 10.1 Å². The molecule has 2 heterocycles. The van der Waals surface area contributed by atoms with Crippen molar-refractivity contribution in [3.8, 4) is 11.6 Å². The fraction of sp³-hybridized carbons (Fsp3) is 0.188. The van der Waals surface area contributed by atoms with E-state index in [1.165, 1.54) is 42.2 Å². The average Bonchev–Trinajstić information content (AvgIpc) is 3.04. The molecule has 0 aliphatic carbocycles. The summed E-state index contributed by atoms with van der Waals surface area (Å²) in [5, 5.41) is 14.5. The average molecular weight is 374 g/mol. The first-order chi connectivity index (χ1) is 12.6. The maximum Gasteiger partial charge on any atom is 0.225 e. The Hall–Kier alpha value is -3.01. The third kappa shape index (κ3) is 4.99. The summed E-state index contributed by atoms with van der Waals surface area (Å²) in [5.74, 6) is 0.906. The van der Waals surface area contributed by atoms with Crippen LogP contribution in [0.1, 0.15) is 6.42 Å². The molecule has 0 saturated carbocycles. The molecule has 1 aromatic carbocycles. The normalized spacial score (nSPS) is 10.5. The lowest BCUT2D eigenvalue weighted by molar-refractivity contribution is -0.115. The van der Waals surface area contributed by atoms with E-state index in [9.17, 15) is 9.18 Å². The van der Waals surface area contributed by atoms with E-state index < -0.39 is 0 Å². The number of nitrogens with zero attached hydrogens (tertiary/aromatic N) is 5. The van der Waals surface area contributed by atoms with Gasteiger partial charge in [0.2, 0.25) is 16.9 Å². The third-order valence-electron chi connectivity index (χ3n) is 3.20. The Bertz CT molecular complexity index is 869. The molecular formula is C16H15FN6O2S. The molecule has 2 aromatic heterocycles. The van der Waals surface area contributed by atoms with Crippen LogP contribution in [0.3, 0.4) is 0 Å². The van der Waals surface area contributed by atoms with Crippen molar-refractivity contribution in [3.63, 3.8) is 0 Å². The van der Waals surface area contributed by atoms with Crippen molar-refractivity contribution in [1.82, 2.24) is 25.2 Å². The number of anilines is 1. The monoisotopic (exact) mass is 374 g/mol. The van der Waals surface area contributed by atoms with Gasteiger partial charge in [-0.1, -0.05) is 11.8 Å². The molecule has 26 heavy (non-hydrogen) atoms. The van der Waals surface area contributed by atoms with E-state index in [0.717, 1.165) is 0 Å². The number of hydrogen-bond acceptors (Lipinski definition) is 7. The van der Waals surface area contributed by atoms with Crippen LogP contribution < -0.4 is 10.1 Å². The minimum atomic E-state index is -0.336. The van der Waals surface area contributed by atoms with Crippen molar-refractivity contribution in [1.29, 1.82) is 0 Å². The maximum absolute atomic E-state index is 12.9. The first-order valence-corrected chi connectivity index (χ1v) is 8.63. The number of halogens is 1. The van der Waals surface area contributed by atoms with Gasteiger partial charge in [-0.3, -0.25) is 4.79 Å². The van der Waals surface area contributed by atoms with Crippen molar-refractivity contribution >= 4 is 23.4 Å². The first-order valence-electron chi connectivity index (χ1n) is 7.64. The van der Waals surface area contributed by atoms with Gasteiger partial charge >= 0.3 is 0 Å². The summed E-state index contributed by atoms with van der Waals surface area (Å²) < 4.78 is 19.9. The van der Waals surface area contributed by atoms with E-state index in [2.05, 4.69) is 25.8 Å². The summed E-state index contributed by atoms with van der Waals surface area (Å²) in [4.78, 5) is 16.1. The summed E-state index contributed by atoms with van der Waals surface area (Å²) >= 11 is 1.40. The number of carbonyl (C=O) groups is 1. The van der Waals surface area contributed by atoms with Crippen molar-refractivity contribution < 1.29 is 13.9 Å². The van der Waals surface area contributed by atoms with Crippen LogP contribution >= 0.6 is 11.8 Å². The zero-order chi connectivity index (χ0) is 18.4. The minimum absolute atomic E-state index is 0.137. The number of amides is 1. The number of nitrogens with one attached hydrogen (secondary N) is 1. The standard InChI is InChI=1S/C16H15FN6O2S/c1-23-16(20-21-22-23)26-9-8-14(24)19-12-4-7-15(18-10-12)25-13-5-2-11(17)3-6-13/h2-7,10H,8-9H2,1H3,(H,19,24). The van der Waals surface area contributed by atoms with Crippen molar-refractivity contribution in [2.24, 2.45) is 7.05 Å². The van der Waals surface area contributed by atoms with Gasteiger partial charge in [0, 0.05) is 25.3 Å². The van der Waals surface area contributed by atoms with Crippen LogP contribution in [0.25, 0.3) is 0 Å². The Morgan fingerprint density at radius 2 is 2.08 bits per heavy atom. The SMILES string of the molecule is Cn1nnnc1SCCC(=O)Nc1ccc(Oc2ccc(F)cc2)nc1. The number of benzene rings is 1. The molecule has 3 rings (SSSR count). The van der Waals surface area contributed by atoms with Gasteiger partial charge in [-0.05, 0) is 40.8 Å². The molecule has 0 spiro atoms. The summed E-state index contributed by atoms with van der Waals surface area (Å²) in [5.41, 5.74) is 0.562. The number of hydrogen-bond donors (Lipinski definition) is 1. The van der Waals surface area contributed by atoms with Crippen LogP contribution in [-0.4, -0.2) is 36.9 Å². The second-order valence-corrected chi connectivity index (χ2v) is 6.23. The highest BCUT2D eigenvalue weighted by atomic mass is 32.2. The van der Waals surface area contributed by atoms with E-state index in [-0.39, 0.29) is 11.7 Å². The largest absolute Gasteiger partial charge is 0.439 e. The van der Waals surface area contributed by atoms with Gasteiger partial charge in [-0.15, -0.1) is 5.10 Å². The van der Waals surface area contributed by atoms with Crippen LogP contribution in [0.2, 0.25) is 0 Å². The molecule has 1 amide bonds. The maximum atomic E-state index is 12.9. The Morgan fingerprint density at radius 3 is 2.73 bits per heavy atom. The van der Waals surface area contributed by atoms with Crippen molar-refractivity contribution in [2.45, 2.75) is 11.6 Å². The van der Waals surface area contributed by atoms with Crippen molar-refractivity contribution in [3.05, 3.63) is 48.4 Å². The predicted molar refractivity (Wildman–Crippen MR) is 93.5 cm³/mol. The molecule has 0 aliphatic heterocycles. The second kappa shape index (κ2) is 8.39. The quantitative estimate of drug-likeness (QED) is 0.635. The van der Waals surface area contributed by atoms with E-state index in [4.69, 9.17) is 4.74 Å². The molecule has 0 radical (unpaired) electrons. The van der Waals surface area contributed by atoms with Gasteiger partial charge in [0.25, 0.3) is 0 Å². The summed E-state index contributed by atoms with van der Waals surface area (Å²) in [6, 6.07) is 8.94. The third-order valence-corrected chi connectivity index (χ3v) is 4.21. The summed E-state index contributed by atoms with van der Waals surface area (Å²) in [6.45, 7) is 0. The number of thioether (sulfide) groups is 1. The minimum Gasteiger partial charge on any atom is -0.439 e. The molecule has 3 aromatic rings. The molecule has 0 unspecified atom stereocenters. The fourth-order valence-electron chi connectivity index (χ4n) is 1.94. The van der Waals surface area contributed by atoms with Crippen LogP contribution in [0.4, 0.5) is 10.1 Å². The van der Waals surface area contributed by atoms with Gasteiger partial charge in [0.1, 0.15) is 11.6 Å². The fourth-order valence-corrected chi connectivity index (χ4v) is 2.73. The van der Waals surface area contributed by atoms with Crippen LogP contribution in [0.15, 0.2) is 47.8 Å². The zero-order valence-electron chi connectivity index (χ0n) is 13.8. The van der Waals surface area contributed by atoms with Gasteiger partial charge in [0.15, 0.2) is 0 Å².